The number of amides is 1. The molecule has 0 unspecified atom stereocenters. The number of hydrogen-bond acceptors (Lipinski definition) is 5. The summed E-state index contributed by atoms with van der Waals surface area (Å²) in [6, 6.07) is 6.32. The molecule has 2 aliphatic heterocycles. The Balaban J connectivity index is 1.47. The lowest BCUT2D eigenvalue weighted by Gasteiger charge is -2.36. The molecule has 2 aliphatic rings. The number of pyridine rings is 1. The van der Waals surface area contributed by atoms with E-state index in [0.717, 1.165) is 24.5 Å². The van der Waals surface area contributed by atoms with Crippen molar-refractivity contribution in [2.24, 2.45) is 7.05 Å². The maximum Gasteiger partial charge on any atom is 0.274 e. The van der Waals surface area contributed by atoms with Gasteiger partial charge in [0.25, 0.3) is 5.91 Å². The zero-order valence-corrected chi connectivity index (χ0v) is 14.6. The molecule has 2 atom stereocenters. The van der Waals surface area contributed by atoms with Gasteiger partial charge in [0.05, 0.1) is 30.8 Å². The number of carbonyl (C=O) groups is 1. The van der Waals surface area contributed by atoms with E-state index in [4.69, 9.17) is 4.74 Å². The van der Waals surface area contributed by atoms with Gasteiger partial charge in [-0.05, 0) is 19.1 Å². The third kappa shape index (κ3) is 3.29. The van der Waals surface area contributed by atoms with Gasteiger partial charge in [-0.25, -0.2) is 4.98 Å². The summed E-state index contributed by atoms with van der Waals surface area (Å²) in [5, 5.41) is 0. The number of rotatable bonds is 3. The molecule has 2 fully saturated rings. The van der Waals surface area contributed by atoms with E-state index in [2.05, 4.69) is 20.9 Å². The highest BCUT2D eigenvalue weighted by Crippen LogP contribution is 2.25. The van der Waals surface area contributed by atoms with Gasteiger partial charge in [0.2, 0.25) is 0 Å². The zero-order chi connectivity index (χ0) is 17.4. The summed E-state index contributed by atoms with van der Waals surface area (Å²) in [6.07, 6.45) is 3.48. The summed E-state index contributed by atoms with van der Waals surface area (Å²) in [5.41, 5.74) is 2.59. The summed E-state index contributed by atoms with van der Waals surface area (Å²) in [5.74, 6) is -0.0211. The van der Waals surface area contributed by atoms with E-state index < -0.39 is 0 Å². The molecule has 2 aromatic rings. The average Bonchev–Trinajstić information content (AvgIpc) is 3.21. The number of hydrogen-bond donors (Lipinski definition) is 0. The number of likely N-dealkylation sites (tertiary alicyclic amines) is 1. The molecule has 2 aromatic heterocycles. The first-order valence-electron chi connectivity index (χ1n) is 8.65. The fourth-order valence-corrected chi connectivity index (χ4v) is 3.70. The van der Waals surface area contributed by atoms with Crippen molar-refractivity contribution in [2.45, 2.75) is 25.6 Å². The van der Waals surface area contributed by atoms with E-state index in [9.17, 15) is 4.79 Å². The molecule has 1 amide bonds. The van der Waals surface area contributed by atoms with Gasteiger partial charge >= 0.3 is 0 Å². The maximum absolute atomic E-state index is 12.7. The molecule has 0 spiro atoms. The summed E-state index contributed by atoms with van der Waals surface area (Å²) in [7, 11) is 1.87. The molecule has 132 valence electrons. The standard InChI is InChI=1S/C18H23N5O2/c1-13-4-3-5-14(20-13)8-22-6-7-25-17-11-23(10-16(17)22)18(24)15-9-21(2)12-19-15/h3-5,9,12,16-17H,6-8,10-11H2,1-2H3/t16-,17-/m0/s1. The summed E-state index contributed by atoms with van der Waals surface area (Å²) in [6.45, 7) is 5.65. The SMILES string of the molecule is Cc1cccc(CN2CCO[C@H]3CN(C(=O)c4cn(C)cn4)C[C@@H]32)n1. The third-order valence-electron chi connectivity index (χ3n) is 4.94. The minimum atomic E-state index is -0.0211. The van der Waals surface area contributed by atoms with Gasteiger partial charge in [-0.15, -0.1) is 0 Å². The number of carbonyl (C=O) groups excluding carboxylic acids is 1. The zero-order valence-electron chi connectivity index (χ0n) is 14.6. The van der Waals surface area contributed by atoms with E-state index in [0.29, 0.717) is 25.4 Å². The fourth-order valence-electron chi connectivity index (χ4n) is 3.70. The molecule has 0 aromatic carbocycles. The summed E-state index contributed by atoms with van der Waals surface area (Å²) < 4.78 is 7.73. The van der Waals surface area contributed by atoms with Crippen LogP contribution < -0.4 is 0 Å². The number of fused-ring (bicyclic) bond motifs is 1. The molecule has 0 aliphatic carbocycles. The smallest absolute Gasteiger partial charge is 0.274 e. The number of ether oxygens (including phenoxy) is 1. The Morgan fingerprint density at radius 2 is 2.24 bits per heavy atom. The van der Waals surface area contributed by atoms with Gasteiger partial charge < -0.3 is 14.2 Å². The van der Waals surface area contributed by atoms with Crippen LogP contribution in [-0.2, 0) is 18.3 Å². The second-order valence-corrected chi connectivity index (χ2v) is 6.85. The third-order valence-corrected chi connectivity index (χ3v) is 4.94. The fraction of sp³-hybridized carbons (Fsp3) is 0.500. The number of morpholine rings is 1. The lowest BCUT2D eigenvalue weighted by Crippen LogP contribution is -2.50. The van der Waals surface area contributed by atoms with E-state index in [1.807, 2.05) is 31.0 Å². The van der Waals surface area contributed by atoms with Crippen molar-refractivity contribution in [3.63, 3.8) is 0 Å². The van der Waals surface area contributed by atoms with E-state index in [1.54, 1.807) is 17.1 Å². The van der Waals surface area contributed by atoms with Crippen molar-refractivity contribution in [2.75, 3.05) is 26.2 Å². The molecule has 0 N–H and O–H groups in total. The second kappa shape index (κ2) is 6.57. The topological polar surface area (TPSA) is 63.5 Å². The van der Waals surface area contributed by atoms with Crippen molar-refractivity contribution in [3.05, 3.63) is 47.8 Å². The van der Waals surface area contributed by atoms with Crippen molar-refractivity contribution in [3.8, 4) is 0 Å². The minimum absolute atomic E-state index is 0.0211. The predicted octanol–water partition coefficient (Wildman–Crippen LogP) is 0.849. The van der Waals surface area contributed by atoms with Crippen LogP contribution in [0.1, 0.15) is 21.9 Å². The van der Waals surface area contributed by atoms with E-state index in [1.165, 1.54) is 0 Å². The highest BCUT2D eigenvalue weighted by Gasteiger charge is 2.42. The van der Waals surface area contributed by atoms with Gasteiger partial charge in [-0.3, -0.25) is 14.7 Å². The second-order valence-electron chi connectivity index (χ2n) is 6.85. The molecular formula is C18H23N5O2. The average molecular weight is 341 g/mol. The molecule has 0 radical (unpaired) electrons. The van der Waals surface area contributed by atoms with E-state index in [-0.39, 0.29) is 18.1 Å². The van der Waals surface area contributed by atoms with Crippen LogP contribution in [0.4, 0.5) is 0 Å². The van der Waals surface area contributed by atoms with Crippen molar-refractivity contribution in [1.82, 2.24) is 24.3 Å². The Kier molecular flexibility index (Phi) is 4.27. The predicted molar refractivity (Wildman–Crippen MR) is 92.0 cm³/mol. The Bertz CT molecular complexity index is 774. The Morgan fingerprint density at radius 3 is 3.00 bits per heavy atom. The van der Waals surface area contributed by atoms with Gasteiger partial charge in [-0.2, -0.15) is 0 Å². The van der Waals surface area contributed by atoms with Crippen LogP contribution in [0.15, 0.2) is 30.7 Å². The van der Waals surface area contributed by atoms with Gasteiger partial charge in [0.1, 0.15) is 5.69 Å². The van der Waals surface area contributed by atoms with Crippen LogP contribution in [0.5, 0.6) is 0 Å². The largest absolute Gasteiger partial charge is 0.373 e. The molecule has 0 bridgehead atoms. The van der Waals surface area contributed by atoms with Crippen LogP contribution in [0, 0.1) is 6.92 Å². The van der Waals surface area contributed by atoms with Gasteiger partial charge in [-0.1, -0.05) is 6.07 Å². The summed E-state index contributed by atoms with van der Waals surface area (Å²) in [4.78, 5) is 25.7. The normalized spacial score (nSPS) is 23.7. The molecule has 7 heteroatoms. The molecule has 25 heavy (non-hydrogen) atoms. The number of aromatic nitrogens is 3. The first-order valence-corrected chi connectivity index (χ1v) is 8.65. The molecule has 0 saturated carbocycles. The van der Waals surface area contributed by atoms with Crippen LogP contribution in [0.3, 0.4) is 0 Å². The minimum Gasteiger partial charge on any atom is -0.373 e. The number of imidazole rings is 1. The van der Waals surface area contributed by atoms with Crippen LogP contribution in [0.25, 0.3) is 0 Å². The highest BCUT2D eigenvalue weighted by atomic mass is 16.5. The van der Waals surface area contributed by atoms with Crippen LogP contribution in [-0.4, -0.2) is 68.6 Å². The van der Waals surface area contributed by atoms with Gasteiger partial charge in [0, 0.05) is 45.1 Å². The molecule has 7 nitrogen and oxygen atoms in total. The first kappa shape index (κ1) is 16.2. The van der Waals surface area contributed by atoms with Crippen LogP contribution >= 0.6 is 0 Å². The summed E-state index contributed by atoms with van der Waals surface area (Å²) >= 11 is 0. The lowest BCUT2D eigenvalue weighted by atomic mass is 10.1. The lowest BCUT2D eigenvalue weighted by molar-refractivity contribution is -0.0507. The van der Waals surface area contributed by atoms with Crippen molar-refractivity contribution in [1.29, 1.82) is 0 Å². The van der Waals surface area contributed by atoms with Crippen molar-refractivity contribution >= 4 is 5.91 Å². The number of nitrogens with zero attached hydrogens (tertiary/aromatic N) is 5. The first-order chi connectivity index (χ1) is 12.1. The van der Waals surface area contributed by atoms with Crippen molar-refractivity contribution < 1.29 is 9.53 Å². The molecule has 2 saturated heterocycles. The maximum atomic E-state index is 12.7. The Morgan fingerprint density at radius 1 is 1.36 bits per heavy atom. The molecular weight excluding hydrogens is 318 g/mol. The quantitative estimate of drug-likeness (QED) is 0.828. The van der Waals surface area contributed by atoms with Gasteiger partial charge in [0.15, 0.2) is 0 Å². The molecule has 4 heterocycles. The Hall–Kier alpha value is -2.25. The van der Waals surface area contributed by atoms with E-state index >= 15 is 0 Å². The Labute approximate surface area is 147 Å². The number of aryl methyl sites for hydroxylation is 2. The monoisotopic (exact) mass is 341 g/mol. The molecule has 4 rings (SSSR count). The highest BCUT2D eigenvalue weighted by molar-refractivity contribution is 5.92. The van der Waals surface area contributed by atoms with Crippen LogP contribution in [0.2, 0.25) is 0 Å².